The van der Waals surface area contributed by atoms with E-state index in [0.717, 1.165) is 33.4 Å². The van der Waals surface area contributed by atoms with Crippen LogP contribution in [0.15, 0.2) is 103 Å². The summed E-state index contributed by atoms with van der Waals surface area (Å²) in [5.74, 6) is -0.784. The second-order valence-electron chi connectivity index (χ2n) is 12.6. The molecular weight excluding hydrogens is 604 g/mol. The van der Waals surface area contributed by atoms with E-state index in [1.165, 1.54) is 12.5 Å². The number of aliphatic hydroxyl groups excluding tert-OH is 1. The Hall–Kier alpha value is -4.34. The van der Waals surface area contributed by atoms with Gasteiger partial charge >= 0.3 is 5.97 Å². The molecule has 0 aliphatic carbocycles. The van der Waals surface area contributed by atoms with Gasteiger partial charge in [-0.2, -0.15) is 0 Å². The number of ether oxygens (including phenoxy) is 3. The number of carbonyl (C=O) groups excluding carboxylic acids is 2. The molecule has 5 rings (SSSR count). The van der Waals surface area contributed by atoms with E-state index in [1.54, 1.807) is 6.92 Å². The summed E-state index contributed by atoms with van der Waals surface area (Å²) < 4.78 is 18.5. The van der Waals surface area contributed by atoms with Crippen molar-refractivity contribution in [1.82, 2.24) is 10.2 Å². The Morgan fingerprint density at radius 2 is 1.54 bits per heavy atom. The monoisotopic (exact) mass is 650 g/mol. The molecule has 0 bridgehead atoms. The summed E-state index contributed by atoms with van der Waals surface area (Å²) in [5.41, 5.74) is 6.97. The maximum atomic E-state index is 12.4. The average molecular weight is 651 g/mol. The molecule has 1 aliphatic heterocycles. The highest BCUT2D eigenvalue weighted by Crippen LogP contribution is 2.42. The highest BCUT2D eigenvalue weighted by atomic mass is 16.7. The number of esters is 1. The minimum absolute atomic E-state index is 0.00828. The quantitative estimate of drug-likeness (QED) is 0.161. The lowest BCUT2D eigenvalue weighted by molar-refractivity contribution is -0.276. The van der Waals surface area contributed by atoms with Crippen LogP contribution in [0.25, 0.3) is 11.1 Å². The maximum absolute atomic E-state index is 12.4. The Kier molecular flexibility index (Phi) is 11.8. The zero-order chi connectivity index (χ0) is 34.2. The summed E-state index contributed by atoms with van der Waals surface area (Å²) in [4.78, 5) is 25.9. The predicted molar refractivity (Wildman–Crippen MR) is 185 cm³/mol. The lowest BCUT2D eigenvalue weighted by Gasteiger charge is -2.43. The van der Waals surface area contributed by atoms with Crippen LogP contribution in [0.3, 0.4) is 0 Å². The number of amides is 1. The van der Waals surface area contributed by atoms with Gasteiger partial charge in [0.2, 0.25) is 0 Å². The molecule has 4 aromatic rings. The molecule has 48 heavy (non-hydrogen) atoms. The van der Waals surface area contributed by atoms with Crippen molar-refractivity contribution in [1.29, 1.82) is 0 Å². The summed E-state index contributed by atoms with van der Waals surface area (Å²) >= 11 is 0. The van der Waals surface area contributed by atoms with Gasteiger partial charge in [-0.05, 0) is 66.4 Å². The number of aliphatic hydroxyl groups is 1. The van der Waals surface area contributed by atoms with Crippen LogP contribution in [0.4, 0.5) is 0 Å². The lowest BCUT2D eigenvalue weighted by atomic mass is 9.89. The van der Waals surface area contributed by atoms with Crippen LogP contribution in [0.2, 0.25) is 0 Å². The Bertz CT molecular complexity index is 1660. The molecule has 8 nitrogen and oxygen atoms in total. The molecular formula is C40H46N2O6. The molecule has 0 radical (unpaired) electrons. The molecule has 4 aromatic carbocycles. The molecule has 252 valence electrons. The standard InChI is InChI=1S/C40H46N2O6/c1-26-37(24-42(5)27(2)32-12-7-6-8-13-32)47-40(48-38(26)33-19-17-30(25-43)18-20-33)36-16-10-15-35(22-36)34-14-9-11-31(21-34)23-41-39(45)28(3)46-29(4)44/h6-22,26-28,37-38,40,43H,23-25H2,1-5H3,(H,41,45). The minimum atomic E-state index is -0.859. The van der Waals surface area contributed by atoms with Crippen molar-refractivity contribution < 1.29 is 28.9 Å². The second-order valence-corrected chi connectivity index (χ2v) is 12.6. The van der Waals surface area contributed by atoms with E-state index < -0.39 is 18.4 Å². The van der Waals surface area contributed by atoms with Gasteiger partial charge in [-0.15, -0.1) is 0 Å². The number of rotatable bonds is 12. The number of likely N-dealkylation sites (N-methyl/N-ethyl adjacent to an activating group) is 1. The van der Waals surface area contributed by atoms with Crippen LogP contribution in [-0.2, 0) is 37.0 Å². The van der Waals surface area contributed by atoms with Crippen molar-refractivity contribution in [2.24, 2.45) is 5.92 Å². The molecule has 1 aliphatic rings. The zero-order valence-electron chi connectivity index (χ0n) is 28.3. The van der Waals surface area contributed by atoms with E-state index in [1.807, 2.05) is 72.8 Å². The van der Waals surface area contributed by atoms with Crippen LogP contribution in [0.5, 0.6) is 0 Å². The molecule has 1 amide bonds. The molecule has 0 spiro atoms. The summed E-state index contributed by atoms with van der Waals surface area (Å²) in [6.45, 7) is 8.24. The smallest absolute Gasteiger partial charge is 0.303 e. The van der Waals surface area contributed by atoms with Crippen LogP contribution in [0.1, 0.15) is 73.9 Å². The first-order chi connectivity index (χ1) is 23.1. The van der Waals surface area contributed by atoms with E-state index in [9.17, 15) is 14.7 Å². The first-order valence-corrected chi connectivity index (χ1v) is 16.5. The van der Waals surface area contributed by atoms with Crippen LogP contribution in [-0.4, -0.2) is 47.7 Å². The summed E-state index contributed by atoms with van der Waals surface area (Å²) in [6, 6.07) is 34.8. The van der Waals surface area contributed by atoms with Gasteiger partial charge < -0.3 is 24.6 Å². The van der Waals surface area contributed by atoms with Crippen molar-refractivity contribution in [3.8, 4) is 11.1 Å². The lowest BCUT2D eigenvalue weighted by Crippen LogP contribution is -2.44. The minimum Gasteiger partial charge on any atom is -0.453 e. The average Bonchev–Trinajstić information content (AvgIpc) is 3.11. The van der Waals surface area contributed by atoms with Gasteiger partial charge in [0, 0.05) is 37.5 Å². The van der Waals surface area contributed by atoms with Gasteiger partial charge in [-0.3, -0.25) is 14.5 Å². The van der Waals surface area contributed by atoms with E-state index in [4.69, 9.17) is 14.2 Å². The number of benzene rings is 4. The molecule has 0 saturated carbocycles. The number of hydrogen-bond donors (Lipinski definition) is 2. The highest BCUT2D eigenvalue weighted by molar-refractivity contribution is 5.82. The van der Waals surface area contributed by atoms with E-state index in [2.05, 4.69) is 61.4 Å². The number of hydrogen-bond acceptors (Lipinski definition) is 7. The fourth-order valence-electron chi connectivity index (χ4n) is 6.12. The Morgan fingerprint density at radius 1 is 0.854 bits per heavy atom. The van der Waals surface area contributed by atoms with E-state index >= 15 is 0 Å². The summed E-state index contributed by atoms with van der Waals surface area (Å²) in [7, 11) is 2.14. The van der Waals surface area contributed by atoms with Gasteiger partial charge in [0.1, 0.15) is 0 Å². The summed E-state index contributed by atoms with van der Waals surface area (Å²) in [5, 5.41) is 12.5. The second kappa shape index (κ2) is 16.2. The fraction of sp³-hybridized carbons (Fsp3) is 0.350. The Labute approximate surface area is 283 Å². The molecule has 0 aromatic heterocycles. The van der Waals surface area contributed by atoms with Crippen molar-refractivity contribution in [2.75, 3.05) is 13.6 Å². The summed E-state index contributed by atoms with van der Waals surface area (Å²) in [6.07, 6.45) is -1.79. The largest absolute Gasteiger partial charge is 0.453 e. The fourth-order valence-corrected chi connectivity index (χ4v) is 6.12. The Balaban J connectivity index is 1.37. The van der Waals surface area contributed by atoms with E-state index in [-0.39, 0.29) is 36.7 Å². The third-order valence-corrected chi connectivity index (χ3v) is 9.13. The van der Waals surface area contributed by atoms with Crippen LogP contribution < -0.4 is 5.32 Å². The molecule has 1 heterocycles. The van der Waals surface area contributed by atoms with Gasteiger partial charge in [0.05, 0.1) is 18.8 Å². The SMILES string of the molecule is CC(=O)OC(C)C(=O)NCc1cccc(-c2cccc(C3OC(CN(C)C(C)c4ccccc4)C(C)C(c4ccc(CO)cc4)O3)c2)c1. The topological polar surface area (TPSA) is 97.3 Å². The number of nitrogens with zero attached hydrogens (tertiary/aromatic N) is 1. The molecule has 8 heteroatoms. The van der Waals surface area contributed by atoms with Gasteiger partial charge in [-0.25, -0.2) is 0 Å². The molecule has 1 fully saturated rings. The van der Waals surface area contributed by atoms with Gasteiger partial charge in [0.15, 0.2) is 12.4 Å². The van der Waals surface area contributed by atoms with Gasteiger partial charge in [-0.1, -0.05) is 97.9 Å². The zero-order valence-corrected chi connectivity index (χ0v) is 28.3. The van der Waals surface area contributed by atoms with Crippen LogP contribution >= 0.6 is 0 Å². The predicted octanol–water partition coefficient (Wildman–Crippen LogP) is 6.90. The molecule has 1 saturated heterocycles. The first-order valence-electron chi connectivity index (χ1n) is 16.5. The maximum Gasteiger partial charge on any atom is 0.303 e. The number of nitrogens with one attached hydrogen (secondary N) is 1. The number of carbonyl (C=O) groups is 2. The third-order valence-electron chi connectivity index (χ3n) is 9.13. The van der Waals surface area contributed by atoms with Crippen molar-refractivity contribution >= 4 is 11.9 Å². The third kappa shape index (κ3) is 8.76. The van der Waals surface area contributed by atoms with Crippen molar-refractivity contribution in [2.45, 2.75) is 71.5 Å². The Morgan fingerprint density at radius 3 is 2.23 bits per heavy atom. The molecule has 2 N–H and O–H groups in total. The van der Waals surface area contributed by atoms with Gasteiger partial charge in [0.25, 0.3) is 5.91 Å². The van der Waals surface area contributed by atoms with Crippen LogP contribution in [0, 0.1) is 5.92 Å². The first kappa shape index (κ1) is 35.0. The molecule has 6 unspecified atom stereocenters. The molecule has 6 atom stereocenters. The highest BCUT2D eigenvalue weighted by Gasteiger charge is 2.39. The normalized spacial score (nSPS) is 20.6. The van der Waals surface area contributed by atoms with Crippen molar-refractivity contribution in [3.63, 3.8) is 0 Å². The van der Waals surface area contributed by atoms with Crippen molar-refractivity contribution in [3.05, 3.63) is 131 Å². The van der Waals surface area contributed by atoms with E-state index in [0.29, 0.717) is 13.1 Å².